The highest BCUT2D eigenvalue weighted by atomic mass is 35.5. The Hall–Kier alpha value is -0.400. The van der Waals surface area contributed by atoms with Crippen molar-refractivity contribution in [3.63, 3.8) is 0 Å². The lowest BCUT2D eigenvalue weighted by molar-refractivity contribution is 0.400. The molecule has 2 nitrogen and oxygen atoms in total. The maximum atomic E-state index is 9.21. The molecule has 19 heavy (non-hydrogen) atoms. The minimum Gasteiger partial charge on any atom is -0.302 e. The van der Waals surface area contributed by atoms with Crippen LogP contribution in [0.15, 0.2) is 23.1 Å². The van der Waals surface area contributed by atoms with Crippen molar-refractivity contribution < 1.29 is 0 Å². The van der Waals surface area contributed by atoms with E-state index in [-0.39, 0.29) is 0 Å². The summed E-state index contributed by atoms with van der Waals surface area (Å²) in [5.74, 6) is 0.961. The van der Waals surface area contributed by atoms with Crippen LogP contribution in [0.25, 0.3) is 0 Å². The van der Waals surface area contributed by atoms with Crippen LogP contribution in [0, 0.1) is 11.3 Å². The second-order valence-corrected chi connectivity index (χ2v) is 6.31. The van der Waals surface area contributed by atoms with Crippen LogP contribution in [-0.4, -0.2) is 18.3 Å². The third-order valence-electron chi connectivity index (χ3n) is 3.20. The first kappa shape index (κ1) is 16.7. The first-order valence-corrected chi connectivity index (χ1v) is 7.99. The molecule has 1 unspecified atom stereocenters. The summed E-state index contributed by atoms with van der Waals surface area (Å²) in [6, 6.07) is 8.03. The van der Waals surface area contributed by atoms with Crippen LogP contribution in [0.1, 0.15) is 26.2 Å². The normalized spacial score (nSPS) is 13.8. The van der Waals surface area contributed by atoms with Crippen molar-refractivity contribution in [1.82, 2.24) is 5.32 Å². The molecule has 0 bridgehead atoms. The molecular formula is C14H18Cl2N2S. The van der Waals surface area contributed by atoms with Crippen molar-refractivity contribution in [1.29, 1.82) is 5.26 Å². The van der Waals surface area contributed by atoms with Crippen molar-refractivity contribution in [3.8, 4) is 6.07 Å². The van der Waals surface area contributed by atoms with Crippen LogP contribution in [-0.2, 0) is 0 Å². The molecule has 1 rings (SSSR count). The molecule has 1 aromatic carbocycles. The van der Waals surface area contributed by atoms with Crippen molar-refractivity contribution in [3.05, 3.63) is 28.2 Å². The molecule has 1 N–H and O–H groups in total. The minimum absolute atomic E-state index is 0.391. The summed E-state index contributed by atoms with van der Waals surface area (Å²) in [6.07, 6.45) is 2.65. The van der Waals surface area contributed by atoms with Gasteiger partial charge < -0.3 is 5.32 Å². The van der Waals surface area contributed by atoms with Crippen molar-refractivity contribution in [2.45, 2.75) is 36.6 Å². The van der Waals surface area contributed by atoms with E-state index in [4.69, 9.17) is 23.2 Å². The molecule has 0 fully saturated rings. The highest BCUT2D eigenvalue weighted by molar-refractivity contribution is 7.99. The number of nitrogens with one attached hydrogen (secondary N) is 1. The summed E-state index contributed by atoms with van der Waals surface area (Å²) in [6.45, 7) is 2.03. The van der Waals surface area contributed by atoms with Crippen LogP contribution in [0.2, 0.25) is 10.0 Å². The molecule has 0 saturated heterocycles. The van der Waals surface area contributed by atoms with Crippen LogP contribution in [0.3, 0.4) is 0 Å². The van der Waals surface area contributed by atoms with Gasteiger partial charge in [-0.15, -0.1) is 11.8 Å². The average Bonchev–Trinajstić information content (AvgIpc) is 2.44. The van der Waals surface area contributed by atoms with E-state index in [1.807, 2.05) is 32.2 Å². The van der Waals surface area contributed by atoms with Crippen molar-refractivity contribution in [2.75, 3.05) is 12.8 Å². The van der Waals surface area contributed by atoms with Gasteiger partial charge >= 0.3 is 0 Å². The van der Waals surface area contributed by atoms with Crippen LogP contribution < -0.4 is 5.32 Å². The Kier molecular flexibility index (Phi) is 7.02. The number of halogens is 2. The number of benzene rings is 1. The summed E-state index contributed by atoms with van der Waals surface area (Å²) in [5, 5.41) is 13.5. The van der Waals surface area contributed by atoms with E-state index in [1.165, 1.54) is 0 Å². The second-order valence-electron chi connectivity index (χ2n) is 4.33. The Morgan fingerprint density at radius 3 is 2.63 bits per heavy atom. The van der Waals surface area contributed by atoms with E-state index in [0.717, 1.165) is 29.9 Å². The minimum atomic E-state index is -0.391. The molecule has 0 aromatic heterocycles. The fourth-order valence-corrected chi connectivity index (χ4v) is 3.05. The molecule has 0 aliphatic carbocycles. The van der Waals surface area contributed by atoms with Gasteiger partial charge in [-0.2, -0.15) is 5.26 Å². The zero-order chi connectivity index (χ0) is 14.3. The van der Waals surface area contributed by atoms with Gasteiger partial charge in [0.2, 0.25) is 0 Å². The Labute approximate surface area is 129 Å². The number of thioether (sulfide) groups is 1. The third-order valence-corrected chi connectivity index (χ3v) is 5.02. The van der Waals surface area contributed by atoms with E-state index in [1.54, 1.807) is 11.8 Å². The monoisotopic (exact) mass is 316 g/mol. The van der Waals surface area contributed by atoms with E-state index >= 15 is 0 Å². The lowest BCUT2D eigenvalue weighted by Crippen LogP contribution is -2.40. The SMILES string of the molecule is CCC(C#N)(CCCSc1ccc(Cl)c(Cl)c1)NC. The van der Waals surface area contributed by atoms with Crippen LogP contribution in [0.5, 0.6) is 0 Å². The number of nitrogens with zero attached hydrogens (tertiary/aromatic N) is 1. The van der Waals surface area contributed by atoms with E-state index < -0.39 is 5.54 Å². The lowest BCUT2D eigenvalue weighted by atomic mass is 9.93. The van der Waals surface area contributed by atoms with E-state index in [0.29, 0.717) is 10.0 Å². The maximum Gasteiger partial charge on any atom is 0.106 e. The summed E-state index contributed by atoms with van der Waals surface area (Å²) < 4.78 is 0. The zero-order valence-corrected chi connectivity index (χ0v) is 13.5. The average molecular weight is 317 g/mol. The van der Waals surface area contributed by atoms with Gasteiger partial charge in [-0.25, -0.2) is 0 Å². The molecule has 0 saturated carbocycles. The first-order chi connectivity index (χ1) is 9.06. The summed E-state index contributed by atoms with van der Waals surface area (Å²) >= 11 is 13.6. The predicted molar refractivity (Wildman–Crippen MR) is 84.1 cm³/mol. The predicted octanol–water partition coefficient (Wildman–Crippen LogP) is 4.76. The van der Waals surface area contributed by atoms with Crippen LogP contribution in [0.4, 0.5) is 0 Å². The quantitative estimate of drug-likeness (QED) is 0.582. The largest absolute Gasteiger partial charge is 0.302 e. The van der Waals surface area contributed by atoms with Gasteiger partial charge in [-0.05, 0) is 50.3 Å². The van der Waals surface area contributed by atoms with Crippen LogP contribution >= 0.6 is 35.0 Å². The lowest BCUT2D eigenvalue weighted by Gasteiger charge is -2.24. The van der Waals surface area contributed by atoms with E-state index in [2.05, 4.69) is 11.4 Å². The number of rotatable bonds is 7. The second kappa shape index (κ2) is 8.01. The van der Waals surface area contributed by atoms with Gasteiger partial charge in [0.25, 0.3) is 0 Å². The molecule has 0 heterocycles. The zero-order valence-electron chi connectivity index (χ0n) is 11.2. The van der Waals surface area contributed by atoms with Gasteiger partial charge in [0.15, 0.2) is 0 Å². The third kappa shape index (κ3) is 4.89. The summed E-state index contributed by atoms with van der Waals surface area (Å²) in [5.41, 5.74) is -0.391. The molecule has 0 amide bonds. The fraction of sp³-hybridized carbons (Fsp3) is 0.500. The molecular weight excluding hydrogens is 299 g/mol. The van der Waals surface area contributed by atoms with Gasteiger partial charge in [-0.1, -0.05) is 30.1 Å². The van der Waals surface area contributed by atoms with Crippen molar-refractivity contribution in [2.24, 2.45) is 0 Å². The maximum absolute atomic E-state index is 9.21. The standard InChI is InChI=1S/C14H18Cl2N2S/c1-3-14(10-17,18-2)7-4-8-19-11-5-6-12(15)13(16)9-11/h5-6,9,18H,3-4,7-8H2,1-2H3. The Morgan fingerprint density at radius 2 is 2.11 bits per heavy atom. The van der Waals surface area contributed by atoms with E-state index in [9.17, 15) is 5.26 Å². The molecule has 1 atom stereocenters. The van der Waals surface area contributed by atoms with Crippen molar-refractivity contribution >= 4 is 35.0 Å². The van der Waals surface area contributed by atoms with Gasteiger partial charge in [0, 0.05) is 4.90 Å². The number of nitriles is 1. The topological polar surface area (TPSA) is 35.8 Å². The number of hydrogen-bond donors (Lipinski definition) is 1. The Bertz CT molecular complexity index is 453. The molecule has 5 heteroatoms. The van der Waals surface area contributed by atoms with Gasteiger partial charge in [0.1, 0.15) is 5.54 Å². The molecule has 0 radical (unpaired) electrons. The molecule has 1 aromatic rings. The molecule has 0 aliphatic rings. The first-order valence-electron chi connectivity index (χ1n) is 6.25. The highest BCUT2D eigenvalue weighted by Crippen LogP contribution is 2.29. The Morgan fingerprint density at radius 1 is 1.37 bits per heavy atom. The molecule has 104 valence electrons. The summed E-state index contributed by atoms with van der Waals surface area (Å²) in [7, 11) is 1.85. The smallest absolute Gasteiger partial charge is 0.106 e. The molecule has 0 aliphatic heterocycles. The molecule has 0 spiro atoms. The Balaban J connectivity index is 2.42. The van der Waals surface area contributed by atoms with Gasteiger partial charge in [-0.3, -0.25) is 0 Å². The highest BCUT2D eigenvalue weighted by Gasteiger charge is 2.24. The van der Waals surface area contributed by atoms with Gasteiger partial charge in [0.05, 0.1) is 16.1 Å². The fourth-order valence-electron chi connectivity index (χ4n) is 1.80. The summed E-state index contributed by atoms with van der Waals surface area (Å²) in [4.78, 5) is 1.11. The number of hydrogen-bond acceptors (Lipinski definition) is 3.